The highest BCUT2D eigenvalue weighted by molar-refractivity contribution is 5.17. The molecule has 13 heavy (non-hydrogen) atoms. The molecule has 0 fully saturated rings. The van der Waals surface area contributed by atoms with Gasteiger partial charge < -0.3 is 0 Å². The third-order valence-corrected chi connectivity index (χ3v) is 2.13. The van der Waals surface area contributed by atoms with E-state index in [2.05, 4.69) is 44.8 Å². The van der Waals surface area contributed by atoms with Crippen LogP contribution in [-0.4, -0.2) is 4.98 Å². The van der Waals surface area contributed by atoms with Gasteiger partial charge in [-0.15, -0.1) is 0 Å². The summed E-state index contributed by atoms with van der Waals surface area (Å²) in [6.07, 6.45) is 3.08. The molecule has 1 heterocycles. The Bertz CT molecular complexity index is 246. The molecule has 0 saturated carbocycles. The van der Waals surface area contributed by atoms with Gasteiger partial charge in [0.1, 0.15) is 0 Å². The fourth-order valence-corrected chi connectivity index (χ4v) is 1.32. The number of aromatic nitrogens is 1. The molecule has 1 nitrogen and oxygen atoms in total. The molecule has 1 heteroatoms. The maximum atomic E-state index is 4.44. The number of rotatable bonds is 3. The van der Waals surface area contributed by atoms with Gasteiger partial charge in [0.05, 0.1) is 0 Å². The molecule has 0 saturated heterocycles. The first kappa shape index (κ1) is 10.2. The molecule has 0 aliphatic rings. The Hall–Kier alpha value is -0.850. The molecule has 0 unspecified atom stereocenters. The summed E-state index contributed by atoms with van der Waals surface area (Å²) in [5.41, 5.74) is 2.53. The van der Waals surface area contributed by atoms with Gasteiger partial charge in [0, 0.05) is 11.9 Å². The Morgan fingerprint density at radius 1 is 1.15 bits per heavy atom. The van der Waals surface area contributed by atoms with E-state index in [-0.39, 0.29) is 0 Å². The van der Waals surface area contributed by atoms with Crippen molar-refractivity contribution >= 4 is 0 Å². The van der Waals surface area contributed by atoms with Crippen LogP contribution in [0.3, 0.4) is 0 Å². The largest absolute Gasteiger partial charge is 0.261 e. The molecule has 1 aromatic rings. The van der Waals surface area contributed by atoms with E-state index in [1.54, 1.807) is 0 Å². The van der Waals surface area contributed by atoms with Gasteiger partial charge >= 0.3 is 0 Å². The number of hydrogen-bond acceptors (Lipinski definition) is 1. The number of pyridine rings is 1. The third kappa shape index (κ3) is 3.17. The van der Waals surface area contributed by atoms with Gasteiger partial charge in [-0.3, -0.25) is 4.98 Å². The lowest BCUT2D eigenvalue weighted by molar-refractivity contribution is 0.634. The van der Waals surface area contributed by atoms with E-state index in [0.717, 1.165) is 6.42 Å². The predicted octanol–water partition coefficient (Wildman–Crippen LogP) is 3.40. The van der Waals surface area contributed by atoms with Crippen molar-refractivity contribution in [2.75, 3.05) is 0 Å². The Morgan fingerprint density at radius 2 is 1.85 bits per heavy atom. The highest BCUT2D eigenvalue weighted by Gasteiger charge is 2.01. The second kappa shape index (κ2) is 4.40. The van der Waals surface area contributed by atoms with E-state index < -0.39 is 0 Å². The zero-order valence-corrected chi connectivity index (χ0v) is 9.04. The Morgan fingerprint density at radius 3 is 2.23 bits per heavy atom. The van der Waals surface area contributed by atoms with Crippen LogP contribution in [0.15, 0.2) is 18.3 Å². The van der Waals surface area contributed by atoms with Crippen LogP contribution in [0.1, 0.15) is 44.9 Å². The Balaban J connectivity index is 2.70. The molecule has 0 spiro atoms. The minimum absolute atomic E-state index is 0.584. The van der Waals surface area contributed by atoms with Crippen molar-refractivity contribution in [3.05, 3.63) is 29.6 Å². The minimum Gasteiger partial charge on any atom is -0.261 e. The Labute approximate surface area is 81.2 Å². The second-order valence-corrected chi connectivity index (χ2v) is 4.34. The van der Waals surface area contributed by atoms with Gasteiger partial charge in [0.25, 0.3) is 0 Å². The molecule has 1 aromatic heterocycles. The fourth-order valence-electron chi connectivity index (χ4n) is 1.32. The van der Waals surface area contributed by atoms with Crippen LogP contribution < -0.4 is 0 Å². The van der Waals surface area contributed by atoms with Crippen molar-refractivity contribution in [3.63, 3.8) is 0 Å². The SMILES string of the molecule is CC(C)Cc1ccc(C(C)C)cn1. The summed E-state index contributed by atoms with van der Waals surface area (Å²) in [6.45, 7) is 8.83. The molecular weight excluding hydrogens is 158 g/mol. The second-order valence-electron chi connectivity index (χ2n) is 4.34. The van der Waals surface area contributed by atoms with Gasteiger partial charge in [-0.05, 0) is 29.9 Å². The zero-order valence-electron chi connectivity index (χ0n) is 9.04. The summed E-state index contributed by atoms with van der Waals surface area (Å²) >= 11 is 0. The van der Waals surface area contributed by atoms with Crippen LogP contribution in [0.25, 0.3) is 0 Å². The highest BCUT2D eigenvalue weighted by atomic mass is 14.7. The maximum absolute atomic E-state index is 4.44. The van der Waals surface area contributed by atoms with Crippen LogP contribution in [0, 0.1) is 5.92 Å². The first-order valence-electron chi connectivity index (χ1n) is 5.04. The third-order valence-electron chi connectivity index (χ3n) is 2.13. The van der Waals surface area contributed by atoms with Crippen molar-refractivity contribution < 1.29 is 0 Å². The predicted molar refractivity (Wildman–Crippen MR) is 56.9 cm³/mol. The van der Waals surface area contributed by atoms with Crippen molar-refractivity contribution in [2.45, 2.75) is 40.0 Å². The normalized spacial score (nSPS) is 11.2. The summed E-state index contributed by atoms with van der Waals surface area (Å²) in [7, 11) is 0. The van der Waals surface area contributed by atoms with Crippen molar-refractivity contribution in [1.29, 1.82) is 0 Å². The first-order valence-corrected chi connectivity index (χ1v) is 5.04. The van der Waals surface area contributed by atoms with E-state index >= 15 is 0 Å². The molecule has 0 bridgehead atoms. The van der Waals surface area contributed by atoms with Gasteiger partial charge in [-0.2, -0.15) is 0 Å². The summed E-state index contributed by atoms with van der Waals surface area (Å²) in [4.78, 5) is 4.44. The van der Waals surface area contributed by atoms with E-state index in [4.69, 9.17) is 0 Å². The van der Waals surface area contributed by atoms with E-state index in [1.165, 1.54) is 11.3 Å². The smallest absolute Gasteiger partial charge is 0.0406 e. The number of hydrogen-bond donors (Lipinski definition) is 0. The van der Waals surface area contributed by atoms with Gasteiger partial charge in [0.2, 0.25) is 0 Å². The summed E-state index contributed by atoms with van der Waals surface area (Å²) < 4.78 is 0. The van der Waals surface area contributed by atoms with Gasteiger partial charge in [-0.25, -0.2) is 0 Å². The Kier molecular flexibility index (Phi) is 3.47. The quantitative estimate of drug-likeness (QED) is 0.689. The van der Waals surface area contributed by atoms with Gasteiger partial charge in [-0.1, -0.05) is 33.8 Å². The van der Waals surface area contributed by atoms with E-state index in [9.17, 15) is 0 Å². The van der Waals surface area contributed by atoms with Crippen molar-refractivity contribution in [2.24, 2.45) is 5.92 Å². The lowest BCUT2D eigenvalue weighted by atomic mass is 10.0. The first-order chi connectivity index (χ1) is 6.09. The molecule has 0 amide bonds. The summed E-state index contributed by atoms with van der Waals surface area (Å²) in [6, 6.07) is 4.34. The average Bonchev–Trinajstić information content (AvgIpc) is 2.04. The minimum atomic E-state index is 0.584. The monoisotopic (exact) mass is 177 g/mol. The highest BCUT2D eigenvalue weighted by Crippen LogP contribution is 2.13. The van der Waals surface area contributed by atoms with Crippen LogP contribution in [-0.2, 0) is 6.42 Å². The van der Waals surface area contributed by atoms with Crippen LogP contribution in [0.4, 0.5) is 0 Å². The maximum Gasteiger partial charge on any atom is 0.0406 e. The molecule has 0 radical (unpaired) electrons. The molecular formula is C12H19N. The molecule has 72 valence electrons. The molecule has 0 N–H and O–H groups in total. The van der Waals surface area contributed by atoms with E-state index in [0.29, 0.717) is 11.8 Å². The molecule has 0 aliphatic heterocycles. The van der Waals surface area contributed by atoms with Crippen LogP contribution in [0.5, 0.6) is 0 Å². The van der Waals surface area contributed by atoms with Crippen molar-refractivity contribution in [1.82, 2.24) is 4.98 Å². The summed E-state index contributed by atoms with van der Waals surface area (Å²) in [5.74, 6) is 1.28. The topological polar surface area (TPSA) is 12.9 Å². The molecule has 0 aromatic carbocycles. The molecule has 0 atom stereocenters. The van der Waals surface area contributed by atoms with Gasteiger partial charge in [0.15, 0.2) is 0 Å². The summed E-state index contributed by atoms with van der Waals surface area (Å²) in [5, 5.41) is 0. The zero-order chi connectivity index (χ0) is 9.84. The number of nitrogens with zero attached hydrogens (tertiary/aromatic N) is 1. The van der Waals surface area contributed by atoms with Crippen LogP contribution in [0.2, 0.25) is 0 Å². The standard InChI is InChI=1S/C12H19N/c1-9(2)7-12-6-5-11(8-13-12)10(3)4/h5-6,8-10H,7H2,1-4H3. The fraction of sp³-hybridized carbons (Fsp3) is 0.583. The molecule has 1 rings (SSSR count). The molecule has 0 aliphatic carbocycles. The van der Waals surface area contributed by atoms with Crippen LogP contribution >= 0.6 is 0 Å². The van der Waals surface area contributed by atoms with Crippen molar-refractivity contribution in [3.8, 4) is 0 Å². The lowest BCUT2D eigenvalue weighted by Crippen LogP contribution is -1.98. The van der Waals surface area contributed by atoms with E-state index in [1.807, 2.05) is 6.20 Å². The average molecular weight is 177 g/mol. The lowest BCUT2D eigenvalue weighted by Gasteiger charge is -2.07.